The van der Waals surface area contributed by atoms with Crippen LogP contribution in [0.1, 0.15) is 19.3 Å². The molecule has 10 aliphatic rings. The fourth-order valence-corrected chi connectivity index (χ4v) is 12.5. The van der Waals surface area contributed by atoms with E-state index in [0.29, 0.717) is 0 Å². The van der Waals surface area contributed by atoms with Gasteiger partial charge in [-0.15, -0.1) is 0 Å². The molecule has 1 spiro atoms. The van der Waals surface area contributed by atoms with Gasteiger partial charge < -0.3 is 0 Å². The fourth-order valence-electron chi connectivity index (χ4n) is 12.5. The van der Waals surface area contributed by atoms with Crippen LogP contribution in [0.25, 0.3) is 0 Å². The Hall–Kier alpha value is 0. The van der Waals surface area contributed by atoms with E-state index in [0.717, 1.165) is 5.41 Å². The summed E-state index contributed by atoms with van der Waals surface area (Å²) < 4.78 is 0. The molecule has 17 unspecified atom stereocenters. The van der Waals surface area contributed by atoms with Crippen molar-refractivity contribution < 1.29 is 0 Å². The summed E-state index contributed by atoms with van der Waals surface area (Å²) in [6.07, 6.45) is 4.99. The van der Waals surface area contributed by atoms with Crippen molar-refractivity contribution in [2.24, 2.45) is 100 Å². The summed E-state index contributed by atoms with van der Waals surface area (Å²) >= 11 is 0. The highest BCUT2D eigenvalue weighted by Crippen LogP contribution is 3.04. The van der Waals surface area contributed by atoms with Crippen LogP contribution in [-0.2, 0) is 0 Å². The van der Waals surface area contributed by atoms with E-state index in [-0.39, 0.29) is 0 Å². The molecule has 0 amide bonds. The number of fused-ring (bicyclic) bond motifs is 20. The van der Waals surface area contributed by atoms with Crippen LogP contribution in [0.5, 0.6) is 0 Å². The van der Waals surface area contributed by atoms with E-state index >= 15 is 0 Å². The first-order valence-electron chi connectivity index (χ1n) is 9.95. The Kier molecular flexibility index (Phi) is 0.813. The molecule has 0 radical (unpaired) electrons. The molecule has 0 aromatic heterocycles. The van der Waals surface area contributed by atoms with E-state index in [1.54, 1.807) is 19.3 Å². The standard InChI is InChI=1S/C20H22/c1-2-7-4(1)17-19-16-14-12-10-8-5-3-6(5)9(8)11(10)13(12)15(14)18(16)20(7,17)19/h4-19H,1-3H2. The molecule has 0 heteroatoms. The second kappa shape index (κ2) is 1.89. The third-order valence-corrected chi connectivity index (χ3v) is 12.5. The minimum Gasteiger partial charge on any atom is -0.0496 e. The van der Waals surface area contributed by atoms with E-state index in [4.69, 9.17) is 0 Å². The Morgan fingerprint density at radius 2 is 1.20 bits per heavy atom. The topological polar surface area (TPSA) is 0 Å². The normalized spacial score (nSPS) is 99.6. The van der Waals surface area contributed by atoms with Gasteiger partial charge in [0.1, 0.15) is 0 Å². The summed E-state index contributed by atoms with van der Waals surface area (Å²) in [5.74, 6) is 21.0. The van der Waals surface area contributed by atoms with Crippen LogP contribution < -0.4 is 0 Å². The second-order valence-corrected chi connectivity index (χ2v) is 11.2. The molecular formula is C20H22. The van der Waals surface area contributed by atoms with Gasteiger partial charge in [0.15, 0.2) is 0 Å². The van der Waals surface area contributed by atoms with Crippen LogP contribution in [-0.4, -0.2) is 0 Å². The number of hydrogen-bond donors (Lipinski definition) is 0. The van der Waals surface area contributed by atoms with Gasteiger partial charge in [-0.25, -0.2) is 0 Å². The Morgan fingerprint density at radius 1 is 0.500 bits per heavy atom. The van der Waals surface area contributed by atoms with Gasteiger partial charge in [0, 0.05) is 0 Å². The Bertz CT molecular complexity index is 661. The molecule has 10 rings (SSSR count). The fraction of sp³-hybridized carbons (Fsp3) is 1.00. The summed E-state index contributed by atoms with van der Waals surface area (Å²) in [5, 5.41) is 0. The van der Waals surface area contributed by atoms with Crippen LogP contribution in [0.15, 0.2) is 0 Å². The SMILES string of the molecule is C1C2C1C1C2C2C1C1C2C2C1C1C2C2C3C4CCC4C132. The van der Waals surface area contributed by atoms with Crippen LogP contribution in [0.4, 0.5) is 0 Å². The van der Waals surface area contributed by atoms with Crippen molar-refractivity contribution in [3.8, 4) is 0 Å². The molecule has 20 heavy (non-hydrogen) atoms. The van der Waals surface area contributed by atoms with Crippen molar-refractivity contribution in [1.29, 1.82) is 0 Å². The Morgan fingerprint density at radius 3 is 1.95 bits per heavy atom. The maximum atomic E-state index is 1.68. The molecule has 102 valence electrons. The van der Waals surface area contributed by atoms with Crippen LogP contribution in [0.3, 0.4) is 0 Å². The van der Waals surface area contributed by atoms with Gasteiger partial charge in [-0.3, -0.25) is 0 Å². The van der Waals surface area contributed by atoms with Crippen molar-refractivity contribution in [1.82, 2.24) is 0 Å². The third kappa shape index (κ3) is 0.438. The largest absolute Gasteiger partial charge is 0.0496 e. The molecule has 10 saturated carbocycles. The van der Waals surface area contributed by atoms with Gasteiger partial charge >= 0.3 is 0 Å². The predicted molar refractivity (Wildman–Crippen MR) is 72.1 cm³/mol. The Balaban J connectivity index is 1.09. The number of hydrogen-bond acceptors (Lipinski definition) is 0. The summed E-state index contributed by atoms with van der Waals surface area (Å²) in [6.45, 7) is 0. The van der Waals surface area contributed by atoms with Gasteiger partial charge in [-0.05, 0) is 119 Å². The maximum Gasteiger partial charge on any atom is -0.0164 e. The molecule has 0 N–H and O–H groups in total. The number of rotatable bonds is 0. The monoisotopic (exact) mass is 262 g/mol. The molecule has 0 aliphatic heterocycles. The summed E-state index contributed by atoms with van der Waals surface area (Å²) in [5.41, 5.74) is 1.07. The predicted octanol–water partition coefficient (Wildman–Crippen LogP) is 3.14. The first-order chi connectivity index (χ1) is 9.95. The van der Waals surface area contributed by atoms with Gasteiger partial charge in [0.2, 0.25) is 0 Å². The summed E-state index contributed by atoms with van der Waals surface area (Å²) in [6, 6.07) is 0. The van der Waals surface area contributed by atoms with Gasteiger partial charge in [-0.2, -0.15) is 0 Å². The van der Waals surface area contributed by atoms with E-state index in [9.17, 15) is 0 Å². The summed E-state index contributed by atoms with van der Waals surface area (Å²) in [7, 11) is 0. The molecule has 0 aromatic rings. The lowest BCUT2D eigenvalue weighted by atomic mass is 9.15. The minimum absolute atomic E-state index is 1.07. The molecule has 0 saturated heterocycles. The van der Waals surface area contributed by atoms with E-state index in [2.05, 4.69) is 0 Å². The Labute approximate surface area is 120 Å². The van der Waals surface area contributed by atoms with Crippen molar-refractivity contribution in [2.45, 2.75) is 19.3 Å². The molecule has 0 nitrogen and oxygen atoms in total. The van der Waals surface area contributed by atoms with E-state index < -0.39 is 0 Å². The maximum absolute atomic E-state index is 1.68. The van der Waals surface area contributed by atoms with Gasteiger partial charge in [0.25, 0.3) is 0 Å². The van der Waals surface area contributed by atoms with Crippen LogP contribution in [0.2, 0.25) is 0 Å². The molecule has 10 aliphatic carbocycles. The van der Waals surface area contributed by atoms with Crippen molar-refractivity contribution in [2.75, 3.05) is 0 Å². The van der Waals surface area contributed by atoms with Crippen molar-refractivity contribution >= 4 is 0 Å². The van der Waals surface area contributed by atoms with Crippen LogP contribution in [0, 0.1) is 100 Å². The molecule has 0 bridgehead atoms. The highest BCUT2D eigenvalue weighted by atomic mass is 15.1. The molecule has 10 fully saturated rings. The zero-order valence-electron chi connectivity index (χ0n) is 11.9. The van der Waals surface area contributed by atoms with E-state index in [1.165, 1.54) is 94.7 Å². The zero-order valence-corrected chi connectivity index (χ0v) is 11.9. The average molecular weight is 262 g/mol. The lowest BCUT2D eigenvalue weighted by molar-refractivity contribution is -0.429. The van der Waals surface area contributed by atoms with Crippen molar-refractivity contribution in [3.05, 3.63) is 0 Å². The zero-order chi connectivity index (χ0) is 11.9. The van der Waals surface area contributed by atoms with Crippen LogP contribution >= 0.6 is 0 Å². The highest BCUT2D eigenvalue weighted by molar-refractivity contribution is 5.47. The minimum atomic E-state index is 1.07. The first-order valence-corrected chi connectivity index (χ1v) is 9.95. The molecule has 17 atom stereocenters. The molecule has 0 heterocycles. The van der Waals surface area contributed by atoms with Gasteiger partial charge in [-0.1, -0.05) is 0 Å². The third-order valence-electron chi connectivity index (χ3n) is 12.5. The van der Waals surface area contributed by atoms with Gasteiger partial charge in [0.05, 0.1) is 0 Å². The summed E-state index contributed by atoms with van der Waals surface area (Å²) in [4.78, 5) is 0. The molecular weight excluding hydrogens is 240 g/mol. The molecule has 0 aromatic carbocycles. The van der Waals surface area contributed by atoms with Crippen molar-refractivity contribution in [3.63, 3.8) is 0 Å². The smallest absolute Gasteiger partial charge is 0.0164 e. The van der Waals surface area contributed by atoms with E-state index in [1.807, 2.05) is 0 Å². The lowest BCUT2D eigenvalue weighted by Gasteiger charge is -2.89. The lowest BCUT2D eigenvalue weighted by Crippen LogP contribution is -2.86. The quantitative estimate of drug-likeness (QED) is 0.588. The highest BCUT2D eigenvalue weighted by Gasteiger charge is 3.01. The first kappa shape index (κ1) is 8.59. The second-order valence-electron chi connectivity index (χ2n) is 11.2. The average Bonchev–Trinajstić information content (AvgIpc) is 3.17.